The van der Waals surface area contributed by atoms with Crippen LogP contribution in [-0.2, 0) is 6.54 Å². The Hall–Kier alpha value is -2.53. The predicted molar refractivity (Wildman–Crippen MR) is 80.2 cm³/mol. The lowest BCUT2D eigenvalue weighted by atomic mass is 10.2. The summed E-state index contributed by atoms with van der Waals surface area (Å²) < 4.78 is 18.8. The highest BCUT2D eigenvalue weighted by atomic mass is 19.1. The number of alkyl halides is 1. The Bertz CT molecular complexity index is 712. The van der Waals surface area contributed by atoms with Gasteiger partial charge in [-0.15, -0.1) is 0 Å². The lowest BCUT2D eigenvalue weighted by molar-refractivity contribution is 0.232. The normalized spacial score (nSPS) is 21.3. The number of halogens is 1. The van der Waals surface area contributed by atoms with E-state index in [0.29, 0.717) is 49.2 Å². The molecule has 0 unspecified atom stereocenters. The van der Waals surface area contributed by atoms with Crippen LogP contribution in [0.4, 0.5) is 10.2 Å². The van der Waals surface area contributed by atoms with Crippen LogP contribution in [0.2, 0.25) is 0 Å². The maximum Gasteiger partial charge on any atom is 0.223 e. The second kappa shape index (κ2) is 6.71. The molecule has 0 spiro atoms. The van der Waals surface area contributed by atoms with Crippen molar-refractivity contribution in [1.29, 1.82) is 5.26 Å². The highest BCUT2D eigenvalue weighted by Crippen LogP contribution is 2.23. The highest BCUT2D eigenvalue weighted by Gasteiger charge is 2.32. The van der Waals surface area contributed by atoms with Crippen LogP contribution < -0.4 is 5.32 Å². The van der Waals surface area contributed by atoms with Gasteiger partial charge >= 0.3 is 0 Å². The fourth-order valence-electron chi connectivity index (χ4n) is 2.77. The van der Waals surface area contributed by atoms with E-state index < -0.39 is 6.17 Å². The van der Waals surface area contributed by atoms with Crippen molar-refractivity contribution in [2.24, 2.45) is 0 Å². The Balaban J connectivity index is 1.64. The van der Waals surface area contributed by atoms with Gasteiger partial charge < -0.3 is 9.84 Å². The van der Waals surface area contributed by atoms with Gasteiger partial charge in [-0.05, 0) is 18.6 Å². The molecule has 2 aromatic rings. The third kappa shape index (κ3) is 3.63. The number of likely N-dealkylation sites (tertiary alicyclic amines) is 1. The average molecular weight is 316 g/mol. The zero-order chi connectivity index (χ0) is 16.2. The van der Waals surface area contributed by atoms with Crippen LogP contribution in [0.25, 0.3) is 0 Å². The molecule has 3 heterocycles. The number of rotatable bonds is 5. The molecule has 0 bridgehead atoms. The highest BCUT2D eigenvalue weighted by molar-refractivity contribution is 5.51. The van der Waals surface area contributed by atoms with Gasteiger partial charge in [-0.3, -0.25) is 4.90 Å². The van der Waals surface area contributed by atoms with Crippen molar-refractivity contribution < 1.29 is 8.91 Å². The molecule has 8 heteroatoms. The number of hydrogen-bond acceptors (Lipinski definition) is 7. The molecule has 1 N–H and O–H groups in total. The largest absolute Gasteiger partial charge is 0.367 e. The summed E-state index contributed by atoms with van der Waals surface area (Å²) in [5, 5.41) is 16.1. The summed E-state index contributed by atoms with van der Waals surface area (Å²) in [6.45, 7) is 3.01. The third-order valence-electron chi connectivity index (χ3n) is 3.82. The number of aryl methyl sites for hydroxylation is 1. The molecule has 0 aromatic carbocycles. The molecule has 1 aliphatic heterocycles. The molecule has 0 amide bonds. The van der Waals surface area contributed by atoms with E-state index in [1.807, 2.05) is 4.90 Å². The van der Waals surface area contributed by atoms with E-state index >= 15 is 0 Å². The molecule has 2 atom stereocenters. The summed E-state index contributed by atoms with van der Waals surface area (Å²) >= 11 is 0. The molecule has 7 nitrogen and oxygen atoms in total. The van der Waals surface area contributed by atoms with Crippen LogP contribution in [0.15, 0.2) is 22.9 Å². The van der Waals surface area contributed by atoms with Gasteiger partial charge in [-0.25, -0.2) is 9.37 Å². The summed E-state index contributed by atoms with van der Waals surface area (Å²) in [7, 11) is 0. The predicted octanol–water partition coefficient (Wildman–Crippen LogP) is 1.67. The molecule has 0 radical (unpaired) electrons. The summed E-state index contributed by atoms with van der Waals surface area (Å²) in [5.41, 5.74) is 0.475. The van der Waals surface area contributed by atoms with E-state index in [1.165, 1.54) is 0 Å². The topological polar surface area (TPSA) is 90.9 Å². The molecule has 120 valence electrons. The van der Waals surface area contributed by atoms with Crippen molar-refractivity contribution in [3.63, 3.8) is 0 Å². The first-order valence-electron chi connectivity index (χ1n) is 7.42. The van der Waals surface area contributed by atoms with Crippen molar-refractivity contribution >= 4 is 5.82 Å². The van der Waals surface area contributed by atoms with Gasteiger partial charge in [-0.2, -0.15) is 10.2 Å². The number of nitriles is 1. The quantitative estimate of drug-likeness (QED) is 0.897. The second-order valence-electron chi connectivity index (χ2n) is 5.54. The van der Waals surface area contributed by atoms with Crippen LogP contribution in [0, 0.1) is 18.3 Å². The van der Waals surface area contributed by atoms with Gasteiger partial charge in [0.1, 0.15) is 18.1 Å². The molecule has 0 saturated carbocycles. The maximum atomic E-state index is 13.8. The minimum absolute atomic E-state index is 0.0163. The minimum Gasteiger partial charge on any atom is -0.367 e. The number of anilines is 1. The Labute approximate surface area is 133 Å². The van der Waals surface area contributed by atoms with E-state index in [2.05, 4.69) is 26.5 Å². The summed E-state index contributed by atoms with van der Waals surface area (Å²) in [6, 6.07) is 5.48. The van der Waals surface area contributed by atoms with Gasteiger partial charge in [0.15, 0.2) is 5.82 Å². The molecule has 1 aliphatic rings. The van der Waals surface area contributed by atoms with E-state index in [9.17, 15) is 4.39 Å². The lowest BCUT2D eigenvalue weighted by Crippen LogP contribution is -2.35. The van der Waals surface area contributed by atoms with Gasteiger partial charge in [0.05, 0.1) is 12.1 Å². The molecule has 2 aromatic heterocycles. The van der Waals surface area contributed by atoms with Crippen molar-refractivity contribution in [3.05, 3.63) is 35.6 Å². The number of hydrogen-bond donors (Lipinski definition) is 1. The van der Waals surface area contributed by atoms with Crippen LogP contribution in [-0.4, -0.2) is 45.3 Å². The van der Waals surface area contributed by atoms with Gasteiger partial charge in [0, 0.05) is 32.3 Å². The zero-order valence-electron chi connectivity index (χ0n) is 12.7. The minimum atomic E-state index is -0.881. The summed E-state index contributed by atoms with van der Waals surface area (Å²) in [4.78, 5) is 10.3. The first-order chi connectivity index (χ1) is 11.2. The Kier molecular flexibility index (Phi) is 4.48. The standard InChI is InChI=1S/C15H17FN6O/c1-10-20-14(21-23-10)9-22-8-12(16)5-13(22)7-19-15-11(6-17)3-2-4-18-15/h2-4,12-13H,5,7-9H2,1H3,(H,18,19)/t12-,13-/m0/s1. The van der Waals surface area contributed by atoms with Crippen LogP contribution >= 0.6 is 0 Å². The van der Waals surface area contributed by atoms with E-state index in [1.54, 1.807) is 25.3 Å². The monoisotopic (exact) mass is 316 g/mol. The van der Waals surface area contributed by atoms with Gasteiger partial charge in [-0.1, -0.05) is 5.16 Å². The lowest BCUT2D eigenvalue weighted by Gasteiger charge is -2.23. The average Bonchev–Trinajstić information content (AvgIpc) is 3.11. The van der Waals surface area contributed by atoms with Crippen molar-refractivity contribution in [2.75, 3.05) is 18.4 Å². The SMILES string of the molecule is Cc1nc(CN2C[C@@H](F)C[C@H]2CNc2ncccc2C#N)no1. The molecular weight excluding hydrogens is 299 g/mol. The van der Waals surface area contributed by atoms with Gasteiger partial charge in [0.25, 0.3) is 0 Å². The number of nitrogens with one attached hydrogen (secondary N) is 1. The summed E-state index contributed by atoms with van der Waals surface area (Å²) in [5.74, 6) is 1.57. The zero-order valence-corrected chi connectivity index (χ0v) is 12.7. The third-order valence-corrected chi connectivity index (χ3v) is 3.82. The van der Waals surface area contributed by atoms with E-state index in [4.69, 9.17) is 9.78 Å². The van der Waals surface area contributed by atoms with Crippen molar-refractivity contribution in [1.82, 2.24) is 20.0 Å². The Morgan fingerprint density at radius 3 is 3.17 bits per heavy atom. The Morgan fingerprint density at radius 2 is 2.43 bits per heavy atom. The smallest absolute Gasteiger partial charge is 0.223 e. The van der Waals surface area contributed by atoms with Crippen LogP contribution in [0.1, 0.15) is 23.7 Å². The summed E-state index contributed by atoms with van der Waals surface area (Å²) in [6.07, 6.45) is 1.17. The number of aromatic nitrogens is 3. The second-order valence-corrected chi connectivity index (χ2v) is 5.54. The van der Waals surface area contributed by atoms with Crippen LogP contribution in [0.5, 0.6) is 0 Å². The first-order valence-corrected chi connectivity index (χ1v) is 7.42. The molecule has 1 saturated heterocycles. The van der Waals surface area contributed by atoms with E-state index in [-0.39, 0.29) is 6.04 Å². The van der Waals surface area contributed by atoms with Crippen molar-refractivity contribution in [2.45, 2.75) is 32.1 Å². The fraction of sp³-hybridized carbons (Fsp3) is 0.467. The van der Waals surface area contributed by atoms with Gasteiger partial charge in [0.2, 0.25) is 5.89 Å². The number of pyridine rings is 1. The molecule has 1 fully saturated rings. The molecule has 3 rings (SSSR count). The number of nitrogens with zero attached hydrogens (tertiary/aromatic N) is 5. The van der Waals surface area contributed by atoms with E-state index in [0.717, 1.165) is 0 Å². The molecule has 0 aliphatic carbocycles. The fourth-order valence-corrected chi connectivity index (χ4v) is 2.77. The maximum absolute atomic E-state index is 13.8. The molecular formula is C15H17FN6O. The van der Waals surface area contributed by atoms with Crippen LogP contribution in [0.3, 0.4) is 0 Å². The first kappa shape index (κ1) is 15.4. The van der Waals surface area contributed by atoms with Crippen molar-refractivity contribution in [3.8, 4) is 6.07 Å². The molecule has 23 heavy (non-hydrogen) atoms. The Morgan fingerprint density at radius 1 is 1.57 bits per heavy atom.